The van der Waals surface area contributed by atoms with Gasteiger partial charge in [0.2, 0.25) is 0 Å². The van der Waals surface area contributed by atoms with E-state index in [4.69, 9.17) is 16.3 Å². The molecule has 0 unspecified atom stereocenters. The largest absolute Gasteiger partial charge is 0.370 e. The number of aromatic nitrogens is 2. The molecule has 1 heterocycles. The third kappa shape index (κ3) is 2.63. The molecule has 0 aromatic carbocycles. The average molecular weight is 299 g/mol. The summed E-state index contributed by atoms with van der Waals surface area (Å²) in [5.74, 6) is 0.136. The van der Waals surface area contributed by atoms with Gasteiger partial charge in [-0.05, 0) is 39.0 Å². The summed E-state index contributed by atoms with van der Waals surface area (Å²) < 4.78 is 7.40. The molecule has 20 heavy (non-hydrogen) atoms. The highest BCUT2D eigenvalue weighted by molar-refractivity contribution is 6.32. The molecule has 1 aliphatic carbocycles. The molecule has 5 heteroatoms. The Bertz CT molecular complexity index is 490. The molecule has 0 aliphatic heterocycles. The molecule has 112 valence electrons. The van der Waals surface area contributed by atoms with Crippen molar-refractivity contribution in [1.82, 2.24) is 9.78 Å². The topological polar surface area (TPSA) is 44.1 Å². The number of rotatable bonds is 6. The minimum atomic E-state index is -0.599. The highest BCUT2D eigenvalue weighted by Crippen LogP contribution is 2.35. The normalized spacial score (nSPS) is 17.6. The van der Waals surface area contributed by atoms with Crippen LogP contribution in [-0.2, 0) is 28.9 Å². The third-order valence-electron chi connectivity index (χ3n) is 4.33. The number of hydrogen-bond acceptors (Lipinski definition) is 3. The van der Waals surface area contributed by atoms with Crippen molar-refractivity contribution >= 4 is 17.4 Å². The monoisotopic (exact) mass is 298 g/mol. The fourth-order valence-corrected chi connectivity index (χ4v) is 3.38. The highest BCUT2D eigenvalue weighted by atomic mass is 35.5. The lowest BCUT2D eigenvalue weighted by Gasteiger charge is -2.25. The summed E-state index contributed by atoms with van der Waals surface area (Å²) in [5.41, 5.74) is 1.10. The molecule has 0 amide bonds. The van der Waals surface area contributed by atoms with E-state index in [1.54, 1.807) is 7.11 Å². The number of carbonyl (C=O) groups excluding carboxylic acids is 1. The van der Waals surface area contributed by atoms with Gasteiger partial charge >= 0.3 is 0 Å². The standard InChI is InChI=1S/C15H23ClN2O2/c1-4-11-14(16)12(18(5-2)17-11)10-13(19)15(20-3)8-6-7-9-15/h4-10H2,1-3H3. The first-order chi connectivity index (χ1) is 9.57. The zero-order valence-electron chi connectivity index (χ0n) is 12.5. The predicted octanol–water partition coefficient (Wildman–Crippen LogP) is 3.19. The van der Waals surface area contributed by atoms with Gasteiger partial charge in [0.25, 0.3) is 0 Å². The van der Waals surface area contributed by atoms with Gasteiger partial charge in [0.15, 0.2) is 5.78 Å². The summed E-state index contributed by atoms with van der Waals surface area (Å²) in [4.78, 5) is 12.7. The molecular formula is C15H23ClN2O2. The lowest BCUT2D eigenvalue weighted by atomic mass is 9.93. The summed E-state index contributed by atoms with van der Waals surface area (Å²) in [6.45, 7) is 4.76. The van der Waals surface area contributed by atoms with Crippen molar-refractivity contribution in [2.24, 2.45) is 0 Å². The van der Waals surface area contributed by atoms with Gasteiger partial charge in [-0.25, -0.2) is 0 Å². The fraction of sp³-hybridized carbons (Fsp3) is 0.733. The van der Waals surface area contributed by atoms with E-state index in [0.29, 0.717) is 11.4 Å². The minimum Gasteiger partial charge on any atom is -0.370 e. The van der Waals surface area contributed by atoms with E-state index < -0.39 is 5.60 Å². The second-order valence-corrected chi connectivity index (χ2v) is 5.76. The molecule has 4 nitrogen and oxygen atoms in total. The molecule has 2 rings (SSSR count). The first-order valence-corrected chi connectivity index (χ1v) is 7.78. The van der Waals surface area contributed by atoms with Crippen molar-refractivity contribution in [1.29, 1.82) is 0 Å². The van der Waals surface area contributed by atoms with Gasteiger partial charge in [-0.1, -0.05) is 18.5 Å². The van der Waals surface area contributed by atoms with E-state index >= 15 is 0 Å². The lowest BCUT2D eigenvalue weighted by Crippen LogP contribution is -2.39. The maximum atomic E-state index is 12.7. The predicted molar refractivity (Wildman–Crippen MR) is 79.2 cm³/mol. The first kappa shape index (κ1) is 15.5. The van der Waals surface area contributed by atoms with Gasteiger partial charge in [-0.15, -0.1) is 0 Å². The molecule has 1 aromatic rings. The fourth-order valence-electron chi connectivity index (χ4n) is 3.04. The van der Waals surface area contributed by atoms with Crippen molar-refractivity contribution in [2.75, 3.05) is 7.11 Å². The van der Waals surface area contributed by atoms with Crippen LogP contribution in [0.5, 0.6) is 0 Å². The minimum absolute atomic E-state index is 0.136. The van der Waals surface area contributed by atoms with E-state index in [9.17, 15) is 4.79 Å². The maximum Gasteiger partial charge on any atom is 0.170 e. The van der Waals surface area contributed by atoms with E-state index in [2.05, 4.69) is 5.10 Å². The van der Waals surface area contributed by atoms with Gasteiger partial charge in [0.1, 0.15) is 5.60 Å². The number of halogens is 1. The number of nitrogens with zero attached hydrogens (tertiary/aromatic N) is 2. The van der Waals surface area contributed by atoms with Crippen molar-refractivity contribution < 1.29 is 9.53 Å². The van der Waals surface area contributed by atoms with E-state index in [-0.39, 0.29) is 5.78 Å². The first-order valence-electron chi connectivity index (χ1n) is 7.40. The van der Waals surface area contributed by atoms with Crippen LogP contribution >= 0.6 is 11.6 Å². The molecular weight excluding hydrogens is 276 g/mol. The Morgan fingerprint density at radius 1 is 1.40 bits per heavy atom. The van der Waals surface area contributed by atoms with Crippen LogP contribution in [0.2, 0.25) is 5.02 Å². The quantitative estimate of drug-likeness (QED) is 0.810. The van der Waals surface area contributed by atoms with Gasteiger partial charge in [-0.2, -0.15) is 5.10 Å². The van der Waals surface area contributed by atoms with Crippen LogP contribution in [0.3, 0.4) is 0 Å². The summed E-state index contributed by atoms with van der Waals surface area (Å²) in [5, 5.41) is 5.11. The number of methoxy groups -OCH3 is 1. The molecule has 1 fully saturated rings. The number of Topliss-reactive ketones (excluding diaryl/α,β-unsaturated/α-hetero) is 1. The van der Waals surface area contributed by atoms with E-state index in [1.165, 1.54) is 0 Å². The van der Waals surface area contributed by atoms with E-state index in [0.717, 1.165) is 50.0 Å². The van der Waals surface area contributed by atoms with Crippen LogP contribution < -0.4 is 0 Å². The molecule has 0 N–H and O–H groups in total. The smallest absolute Gasteiger partial charge is 0.170 e. The molecule has 1 aromatic heterocycles. The molecule has 1 aliphatic rings. The Kier molecular flexibility index (Phi) is 4.86. The van der Waals surface area contributed by atoms with Crippen LogP contribution in [0.15, 0.2) is 0 Å². The van der Waals surface area contributed by atoms with Gasteiger partial charge < -0.3 is 4.74 Å². The Hall–Kier alpha value is -0.870. The number of aryl methyl sites for hydroxylation is 2. The number of ether oxygens (including phenoxy) is 1. The molecule has 0 radical (unpaired) electrons. The second kappa shape index (κ2) is 6.27. The Labute approximate surface area is 125 Å². The molecule has 0 bridgehead atoms. The Morgan fingerprint density at radius 3 is 2.55 bits per heavy atom. The Morgan fingerprint density at radius 2 is 2.05 bits per heavy atom. The second-order valence-electron chi connectivity index (χ2n) is 5.38. The van der Waals surface area contributed by atoms with Crippen molar-refractivity contribution in [3.63, 3.8) is 0 Å². The highest BCUT2D eigenvalue weighted by Gasteiger charge is 2.41. The summed E-state index contributed by atoms with van der Waals surface area (Å²) in [7, 11) is 1.64. The van der Waals surface area contributed by atoms with Crippen LogP contribution in [-0.4, -0.2) is 28.3 Å². The third-order valence-corrected chi connectivity index (χ3v) is 4.77. The maximum absolute atomic E-state index is 12.7. The van der Waals surface area contributed by atoms with Crippen LogP contribution in [0.1, 0.15) is 50.9 Å². The Balaban J connectivity index is 2.25. The van der Waals surface area contributed by atoms with E-state index in [1.807, 2.05) is 18.5 Å². The van der Waals surface area contributed by atoms with Crippen molar-refractivity contribution in [3.05, 3.63) is 16.4 Å². The average Bonchev–Trinajstić information content (AvgIpc) is 3.06. The van der Waals surface area contributed by atoms with Crippen molar-refractivity contribution in [3.8, 4) is 0 Å². The zero-order chi connectivity index (χ0) is 14.8. The summed E-state index contributed by atoms with van der Waals surface area (Å²) in [6, 6.07) is 0. The van der Waals surface area contributed by atoms with Gasteiger partial charge in [0, 0.05) is 13.7 Å². The summed E-state index contributed by atoms with van der Waals surface area (Å²) >= 11 is 6.37. The van der Waals surface area contributed by atoms with Gasteiger partial charge in [0.05, 0.1) is 22.8 Å². The SMILES string of the molecule is CCc1nn(CC)c(CC(=O)C2(OC)CCCC2)c1Cl. The van der Waals surface area contributed by atoms with Crippen LogP contribution in [0.4, 0.5) is 0 Å². The van der Waals surface area contributed by atoms with Crippen LogP contribution in [0, 0.1) is 0 Å². The molecule has 0 saturated heterocycles. The number of hydrogen-bond donors (Lipinski definition) is 0. The van der Waals surface area contributed by atoms with Gasteiger partial charge in [-0.3, -0.25) is 9.48 Å². The summed E-state index contributed by atoms with van der Waals surface area (Å²) in [6.07, 6.45) is 4.85. The molecule has 1 saturated carbocycles. The number of carbonyl (C=O) groups is 1. The lowest BCUT2D eigenvalue weighted by molar-refractivity contribution is -0.139. The number of ketones is 1. The molecule has 0 spiro atoms. The van der Waals surface area contributed by atoms with Crippen molar-refractivity contribution in [2.45, 2.75) is 64.5 Å². The van der Waals surface area contributed by atoms with Crippen LogP contribution in [0.25, 0.3) is 0 Å². The molecule has 0 atom stereocenters. The zero-order valence-corrected chi connectivity index (χ0v) is 13.3.